The van der Waals surface area contributed by atoms with Crippen LogP contribution in [-0.2, 0) is 10.3 Å². The monoisotopic (exact) mass is 481 g/mol. The Bertz CT molecular complexity index is 1430. The molecule has 1 saturated carbocycles. The lowest BCUT2D eigenvalue weighted by Crippen LogP contribution is -2.52. The van der Waals surface area contributed by atoms with Gasteiger partial charge in [-0.05, 0) is 37.0 Å². The number of carbonyl (C=O) groups is 2. The van der Waals surface area contributed by atoms with Crippen molar-refractivity contribution in [2.45, 2.75) is 44.2 Å². The van der Waals surface area contributed by atoms with Crippen LogP contribution in [0.3, 0.4) is 0 Å². The molecule has 2 heterocycles. The molecule has 7 nitrogen and oxygen atoms in total. The Hall–Kier alpha value is -4.26. The van der Waals surface area contributed by atoms with Crippen molar-refractivity contribution in [1.82, 2.24) is 14.7 Å². The molecule has 182 valence electrons. The molecule has 3 N–H and O–H groups in total. The number of amides is 2. The van der Waals surface area contributed by atoms with Gasteiger partial charge in [-0.15, -0.1) is 0 Å². The molecule has 5 rings (SSSR count). The number of nitrogens with two attached hydrogens (primary N) is 1. The van der Waals surface area contributed by atoms with E-state index in [2.05, 4.69) is 12.2 Å². The summed E-state index contributed by atoms with van der Waals surface area (Å²) in [4.78, 5) is 29.2. The Labute approximate surface area is 210 Å². The number of hydrogen-bond donors (Lipinski definition) is 2. The average molecular weight is 482 g/mol. The largest absolute Gasteiger partial charge is 0.411 e. The average Bonchev–Trinajstić information content (AvgIpc) is 3.20. The summed E-state index contributed by atoms with van der Waals surface area (Å²) in [6, 6.07) is 21.5. The topological polar surface area (TPSA) is 98.7 Å². The van der Waals surface area contributed by atoms with Crippen molar-refractivity contribution in [2.75, 3.05) is 0 Å². The van der Waals surface area contributed by atoms with Crippen LogP contribution >= 0.6 is 0 Å². The number of primary amides is 1. The van der Waals surface area contributed by atoms with E-state index >= 15 is 0 Å². The molecule has 2 aromatic carbocycles. The van der Waals surface area contributed by atoms with Crippen LogP contribution in [0.4, 0.5) is 4.79 Å². The van der Waals surface area contributed by atoms with Crippen LogP contribution in [0.15, 0.2) is 72.9 Å². The zero-order valence-corrected chi connectivity index (χ0v) is 20.5. The predicted molar refractivity (Wildman–Crippen MR) is 139 cm³/mol. The Morgan fingerprint density at radius 1 is 1.03 bits per heavy atom. The lowest BCUT2D eigenvalue weighted by molar-refractivity contribution is 0.0525. The number of ether oxygens (including phenoxy) is 1. The first-order valence-corrected chi connectivity index (χ1v) is 12.0. The van der Waals surface area contributed by atoms with Gasteiger partial charge in [-0.2, -0.15) is 0 Å². The van der Waals surface area contributed by atoms with Crippen LogP contribution in [0.5, 0.6) is 0 Å². The summed E-state index contributed by atoms with van der Waals surface area (Å²) in [5.41, 5.74) is 10.0. The smallest absolute Gasteiger partial charge is 0.403 e. The number of pyridine rings is 1. The van der Waals surface area contributed by atoms with Crippen molar-refractivity contribution in [3.8, 4) is 22.5 Å². The van der Waals surface area contributed by atoms with Crippen LogP contribution in [-0.4, -0.2) is 27.0 Å². The predicted octanol–water partition coefficient (Wildman–Crippen LogP) is 5.49. The number of aromatic nitrogens is 2. The molecule has 36 heavy (non-hydrogen) atoms. The van der Waals surface area contributed by atoms with Crippen LogP contribution in [0.2, 0.25) is 0 Å². The van der Waals surface area contributed by atoms with E-state index < -0.39 is 23.1 Å². The highest BCUT2D eigenvalue weighted by Gasteiger charge is 2.41. The van der Waals surface area contributed by atoms with Crippen molar-refractivity contribution in [2.24, 2.45) is 5.73 Å². The van der Waals surface area contributed by atoms with Crippen LogP contribution in [0.25, 0.3) is 28.2 Å². The van der Waals surface area contributed by atoms with E-state index in [1.165, 1.54) is 0 Å². The van der Waals surface area contributed by atoms with E-state index in [1.54, 1.807) is 32.2 Å². The van der Waals surface area contributed by atoms with Gasteiger partial charge in [-0.25, -0.2) is 9.78 Å². The summed E-state index contributed by atoms with van der Waals surface area (Å²) in [6.07, 6.45) is 3.99. The van der Waals surface area contributed by atoms with Gasteiger partial charge in [0.2, 0.25) is 11.5 Å². The normalized spacial score (nSPS) is 14.7. The zero-order valence-electron chi connectivity index (χ0n) is 20.5. The molecule has 0 bridgehead atoms. The number of nitrogens with zero attached hydrogens (tertiary/aromatic N) is 2. The molecule has 2 amide bonds. The number of alkyl carbamates (subject to hydrolysis) is 1. The van der Waals surface area contributed by atoms with Crippen molar-refractivity contribution >= 4 is 17.6 Å². The summed E-state index contributed by atoms with van der Waals surface area (Å²) < 4.78 is 7.31. The van der Waals surface area contributed by atoms with E-state index in [1.807, 2.05) is 59.0 Å². The summed E-state index contributed by atoms with van der Waals surface area (Å²) in [6.45, 7) is 7.35. The molecule has 0 saturated heterocycles. The Kier molecular flexibility index (Phi) is 5.71. The molecule has 0 radical (unpaired) electrons. The van der Waals surface area contributed by atoms with Gasteiger partial charge in [-0.3, -0.25) is 9.20 Å². The fourth-order valence-electron chi connectivity index (χ4n) is 4.70. The van der Waals surface area contributed by atoms with Gasteiger partial charge in [0.1, 0.15) is 12.6 Å². The number of rotatable bonds is 6. The van der Waals surface area contributed by atoms with Crippen molar-refractivity contribution in [3.63, 3.8) is 0 Å². The first-order chi connectivity index (χ1) is 17.2. The maximum Gasteiger partial charge on any atom is 0.411 e. The lowest BCUT2D eigenvalue weighted by atomic mass is 9.71. The van der Waals surface area contributed by atoms with Gasteiger partial charge in [0.25, 0.3) is 0 Å². The number of hydrogen-bond acceptors (Lipinski definition) is 4. The third-order valence-electron chi connectivity index (χ3n) is 6.58. The highest BCUT2D eigenvalue weighted by molar-refractivity contribution is 5.93. The molecule has 1 aliphatic carbocycles. The quantitative estimate of drug-likeness (QED) is 0.356. The number of imidazole rings is 1. The minimum atomic E-state index is -0.801. The third kappa shape index (κ3) is 4.40. The maximum absolute atomic E-state index is 12.5. The number of fused-ring (bicyclic) bond motifs is 1. The molecular weight excluding hydrogens is 452 g/mol. The van der Waals surface area contributed by atoms with Gasteiger partial charge >= 0.3 is 6.09 Å². The van der Waals surface area contributed by atoms with E-state index in [-0.39, 0.29) is 0 Å². The number of nitrogens with one attached hydrogen (secondary N) is 1. The Balaban J connectivity index is 1.54. The van der Waals surface area contributed by atoms with Crippen molar-refractivity contribution in [3.05, 3.63) is 91.0 Å². The highest BCUT2D eigenvalue weighted by Crippen LogP contribution is 2.42. The van der Waals surface area contributed by atoms with Crippen LogP contribution in [0, 0.1) is 6.92 Å². The van der Waals surface area contributed by atoms with Crippen LogP contribution < -0.4 is 11.1 Å². The van der Waals surface area contributed by atoms with Crippen LogP contribution in [0.1, 0.15) is 49.0 Å². The molecule has 1 aliphatic rings. The zero-order chi connectivity index (χ0) is 25.5. The second kappa shape index (κ2) is 8.75. The number of benzene rings is 2. The van der Waals surface area contributed by atoms with E-state index in [9.17, 15) is 9.59 Å². The summed E-state index contributed by atoms with van der Waals surface area (Å²) in [7, 11) is 0. The van der Waals surface area contributed by atoms with E-state index in [0.29, 0.717) is 11.2 Å². The second-order valence-electron chi connectivity index (χ2n) is 9.97. The fourth-order valence-corrected chi connectivity index (χ4v) is 4.70. The van der Waals surface area contributed by atoms with Crippen molar-refractivity contribution < 1.29 is 14.3 Å². The van der Waals surface area contributed by atoms with Crippen molar-refractivity contribution in [1.29, 1.82) is 0 Å². The first kappa shape index (κ1) is 23.5. The Morgan fingerprint density at radius 2 is 1.72 bits per heavy atom. The Morgan fingerprint density at radius 3 is 2.31 bits per heavy atom. The number of carbonyl (C=O) groups excluding carboxylic acids is 2. The minimum Gasteiger partial charge on any atom is -0.403 e. The fraction of sp³-hybridized carbons (Fsp3) is 0.241. The van der Waals surface area contributed by atoms with E-state index in [0.717, 1.165) is 47.3 Å². The molecule has 2 aromatic heterocycles. The van der Waals surface area contributed by atoms with Gasteiger partial charge in [0.15, 0.2) is 0 Å². The van der Waals surface area contributed by atoms with Gasteiger partial charge in [0.05, 0.1) is 22.5 Å². The van der Waals surface area contributed by atoms with Gasteiger partial charge < -0.3 is 15.8 Å². The minimum absolute atomic E-state index is 0.411. The second-order valence-corrected chi connectivity index (χ2v) is 9.97. The maximum atomic E-state index is 12.5. The summed E-state index contributed by atoms with van der Waals surface area (Å²) >= 11 is 0. The molecule has 0 spiro atoms. The van der Waals surface area contributed by atoms with Gasteiger partial charge in [0, 0.05) is 31.2 Å². The molecule has 0 atom stereocenters. The molecule has 1 fully saturated rings. The van der Waals surface area contributed by atoms with E-state index in [4.69, 9.17) is 15.5 Å². The third-order valence-corrected chi connectivity index (χ3v) is 6.58. The molecular formula is C29H29N4O3+. The molecule has 7 heteroatoms. The standard InChI is InChI=1S/C29H28N4O3/c1-28(2,3)36-27(35)32-29(16-7-17-29)22-13-10-19(11-14-22)24-25(20-8-5-4-6-9-20)33-18-21(26(30)34)12-15-23(33)31-24/h4-6,8-15,18H,1,7,16-17H2,2-3H3,(H2-,30,32,34,35)/p+1. The van der Waals surface area contributed by atoms with Gasteiger partial charge in [-0.1, -0.05) is 54.6 Å². The first-order valence-electron chi connectivity index (χ1n) is 12.0. The molecule has 4 aromatic rings. The molecule has 0 unspecified atom stereocenters. The summed E-state index contributed by atoms with van der Waals surface area (Å²) in [5.74, 6) is -0.491. The SMILES string of the molecule is [CH2+]C(C)(C)OC(=O)NC1(c2ccc(-c3nc4ccc(C(N)=O)cn4c3-c3ccccc3)cc2)CCC1. The molecule has 0 aliphatic heterocycles. The lowest BCUT2D eigenvalue weighted by Gasteiger charge is -2.42. The summed E-state index contributed by atoms with van der Waals surface area (Å²) in [5, 5.41) is 3.07. The highest BCUT2D eigenvalue weighted by atomic mass is 16.6.